The lowest BCUT2D eigenvalue weighted by Crippen LogP contribution is -2.16. The molecule has 8 heteroatoms. The van der Waals surface area contributed by atoms with E-state index in [1.807, 2.05) is 12.1 Å². The first-order chi connectivity index (χ1) is 13.5. The molecule has 2 aromatic heterocycles. The standard InChI is InChI=1S/C20H22N6O2/c1-4-13(2)22-20-24-17(15-7-6-10-21-12-15)11-19(25-20)23-16-8-5-9-18(14(16)3)26(27)28/h5-13H,4H2,1-3H3,(H2,22,23,24,25)/t13-/m1/s1. The van der Waals surface area contributed by atoms with E-state index >= 15 is 0 Å². The van der Waals surface area contributed by atoms with Crippen LogP contribution in [0.4, 0.5) is 23.1 Å². The molecule has 0 unspecified atom stereocenters. The Labute approximate surface area is 163 Å². The molecule has 1 aromatic carbocycles. The van der Waals surface area contributed by atoms with E-state index in [0.717, 1.165) is 12.0 Å². The Morgan fingerprint density at radius 3 is 2.71 bits per heavy atom. The zero-order valence-electron chi connectivity index (χ0n) is 16.0. The lowest BCUT2D eigenvalue weighted by Gasteiger charge is -2.15. The van der Waals surface area contributed by atoms with Gasteiger partial charge in [-0.3, -0.25) is 15.1 Å². The van der Waals surface area contributed by atoms with Gasteiger partial charge in [0.1, 0.15) is 5.82 Å². The summed E-state index contributed by atoms with van der Waals surface area (Å²) in [6, 6.07) is 10.7. The Kier molecular flexibility index (Phi) is 5.78. The van der Waals surface area contributed by atoms with Crippen LogP contribution in [0.15, 0.2) is 48.8 Å². The summed E-state index contributed by atoms with van der Waals surface area (Å²) in [5, 5.41) is 17.7. The van der Waals surface area contributed by atoms with Crippen LogP contribution >= 0.6 is 0 Å². The molecule has 0 aliphatic heterocycles. The highest BCUT2D eigenvalue weighted by Crippen LogP contribution is 2.29. The van der Waals surface area contributed by atoms with Crippen LogP contribution in [0.1, 0.15) is 25.8 Å². The summed E-state index contributed by atoms with van der Waals surface area (Å²) in [6.45, 7) is 5.84. The molecule has 144 valence electrons. The molecular formula is C20H22N6O2. The van der Waals surface area contributed by atoms with Crippen molar-refractivity contribution in [3.8, 4) is 11.3 Å². The van der Waals surface area contributed by atoms with Gasteiger partial charge < -0.3 is 10.6 Å². The molecular weight excluding hydrogens is 356 g/mol. The van der Waals surface area contributed by atoms with Crippen LogP contribution in [-0.2, 0) is 0 Å². The average Bonchev–Trinajstić information content (AvgIpc) is 2.69. The number of rotatable bonds is 7. The van der Waals surface area contributed by atoms with Crippen LogP contribution in [0, 0.1) is 17.0 Å². The number of hydrogen-bond acceptors (Lipinski definition) is 7. The van der Waals surface area contributed by atoms with Gasteiger partial charge in [-0.2, -0.15) is 4.98 Å². The van der Waals surface area contributed by atoms with Crippen molar-refractivity contribution in [3.63, 3.8) is 0 Å². The van der Waals surface area contributed by atoms with Gasteiger partial charge in [0.25, 0.3) is 5.69 Å². The summed E-state index contributed by atoms with van der Waals surface area (Å²) in [6.07, 6.45) is 4.36. The lowest BCUT2D eigenvalue weighted by atomic mass is 10.1. The number of nitrogens with one attached hydrogen (secondary N) is 2. The fourth-order valence-electron chi connectivity index (χ4n) is 2.66. The maximum absolute atomic E-state index is 11.2. The molecule has 1 atom stereocenters. The Morgan fingerprint density at radius 2 is 2.04 bits per heavy atom. The number of nitrogens with zero attached hydrogens (tertiary/aromatic N) is 4. The molecule has 28 heavy (non-hydrogen) atoms. The van der Waals surface area contributed by atoms with E-state index in [1.54, 1.807) is 37.5 Å². The Bertz CT molecular complexity index is 978. The molecule has 0 aliphatic carbocycles. The first-order valence-corrected chi connectivity index (χ1v) is 9.05. The third kappa shape index (κ3) is 4.40. The normalized spacial score (nSPS) is 11.7. The number of nitro benzene ring substituents is 1. The van der Waals surface area contributed by atoms with E-state index in [2.05, 4.69) is 39.4 Å². The maximum atomic E-state index is 11.2. The molecule has 0 saturated heterocycles. The topological polar surface area (TPSA) is 106 Å². The van der Waals surface area contributed by atoms with Crippen molar-refractivity contribution < 1.29 is 4.92 Å². The van der Waals surface area contributed by atoms with Gasteiger partial charge >= 0.3 is 0 Å². The van der Waals surface area contributed by atoms with Crippen molar-refractivity contribution in [2.24, 2.45) is 0 Å². The quantitative estimate of drug-likeness (QED) is 0.453. The van der Waals surface area contributed by atoms with Crippen molar-refractivity contribution in [2.75, 3.05) is 10.6 Å². The third-order valence-corrected chi connectivity index (χ3v) is 4.44. The van der Waals surface area contributed by atoms with Crippen LogP contribution in [0.2, 0.25) is 0 Å². The smallest absolute Gasteiger partial charge is 0.274 e. The molecule has 0 bridgehead atoms. The van der Waals surface area contributed by atoms with Gasteiger partial charge in [-0.1, -0.05) is 13.0 Å². The zero-order chi connectivity index (χ0) is 20.1. The molecule has 2 N–H and O–H groups in total. The SMILES string of the molecule is CC[C@@H](C)Nc1nc(Nc2cccc([N+](=O)[O-])c2C)cc(-c2cccnc2)n1. The second kappa shape index (κ2) is 8.43. The second-order valence-electron chi connectivity index (χ2n) is 6.49. The molecule has 0 radical (unpaired) electrons. The first-order valence-electron chi connectivity index (χ1n) is 9.05. The minimum absolute atomic E-state index is 0.0597. The zero-order valence-corrected chi connectivity index (χ0v) is 16.0. The van der Waals surface area contributed by atoms with Crippen molar-refractivity contribution in [3.05, 3.63) is 64.5 Å². The molecule has 8 nitrogen and oxygen atoms in total. The summed E-state index contributed by atoms with van der Waals surface area (Å²) in [5.74, 6) is 1.03. The molecule has 3 aromatic rings. The fourth-order valence-corrected chi connectivity index (χ4v) is 2.66. The van der Waals surface area contributed by atoms with Crippen LogP contribution in [0.3, 0.4) is 0 Å². The number of hydrogen-bond donors (Lipinski definition) is 2. The minimum atomic E-state index is -0.391. The summed E-state index contributed by atoms with van der Waals surface area (Å²) in [5.41, 5.74) is 2.80. The van der Waals surface area contributed by atoms with E-state index in [0.29, 0.717) is 28.7 Å². The highest BCUT2D eigenvalue weighted by Gasteiger charge is 2.15. The van der Waals surface area contributed by atoms with Gasteiger partial charge in [0, 0.05) is 41.8 Å². The van der Waals surface area contributed by atoms with Crippen molar-refractivity contribution in [1.29, 1.82) is 0 Å². The molecule has 0 fully saturated rings. The van der Waals surface area contributed by atoms with Gasteiger partial charge in [-0.25, -0.2) is 4.98 Å². The molecule has 2 heterocycles. The summed E-state index contributed by atoms with van der Waals surface area (Å²) < 4.78 is 0. The van der Waals surface area contributed by atoms with Crippen LogP contribution < -0.4 is 10.6 Å². The molecule has 0 saturated carbocycles. The number of aromatic nitrogens is 3. The Morgan fingerprint density at radius 1 is 1.21 bits per heavy atom. The molecule has 0 spiro atoms. The lowest BCUT2D eigenvalue weighted by molar-refractivity contribution is -0.385. The second-order valence-corrected chi connectivity index (χ2v) is 6.49. The van der Waals surface area contributed by atoms with Crippen molar-refractivity contribution in [2.45, 2.75) is 33.2 Å². The molecule has 0 aliphatic rings. The third-order valence-electron chi connectivity index (χ3n) is 4.44. The van der Waals surface area contributed by atoms with E-state index in [-0.39, 0.29) is 11.7 Å². The number of anilines is 3. The summed E-state index contributed by atoms with van der Waals surface area (Å²) >= 11 is 0. The van der Waals surface area contributed by atoms with E-state index in [9.17, 15) is 10.1 Å². The molecule has 3 rings (SSSR count). The van der Waals surface area contributed by atoms with E-state index in [1.165, 1.54) is 6.07 Å². The fraction of sp³-hybridized carbons (Fsp3) is 0.250. The predicted molar refractivity (Wildman–Crippen MR) is 110 cm³/mol. The Balaban J connectivity index is 2.01. The maximum Gasteiger partial charge on any atom is 0.274 e. The highest BCUT2D eigenvalue weighted by molar-refractivity contribution is 5.70. The van der Waals surface area contributed by atoms with Crippen molar-refractivity contribution >= 4 is 23.1 Å². The largest absolute Gasteiger partial charge is 0.352 e. The van der Waals surface area contributed by atoms with Crippen LogP contribution in [-0.4, -0.2) is 25.9 Å². The number of benzene rings is 1. The summed E-state index contributed by atoms with van der Waals surface area (Å²) in [4.78, 5) is 24.1. The van der Waals surface area contributed by atoms with Gasteiger partial charge in [0.2, 0.25) is 5.95 Å². The van der Waals surface area contributed by atoms with Gasteiger partial charge in [0.15, 0.2) is 0 Å². The highest BCUT2D eigenvalue weighted by atomic mass is 16.6. The average molecular weight is 378 g/mol. The Hall–Kier alpha value is -3.55. The van der Waals surface area contributed by atoms with Gasteiger partial charge in [0.05, 0.1) is 16.2 Å². The van der Waals surface area contributed by atoms with Crippen LogP contribution in [0.25, 0.3) is 11.3 Å². The van der Waals surface area contributed by atoms with Gasteiger partial charge in [-0.15, -0.1) is 0 Å². The number of nitro groups is 1. The summed E-state index contributed by atoms with van der Waals surface area (Å²) in [7, 11) is 0. The molecule has 0 amide bonds. The minimum Gasteiger partial charge on any atom is -0.352 e. The van der Waals surface area contributed by atoms with Gasteiger partial charge in [-0.05, 0) is 38.5 Å². The van der Waals surface area contributed by atoms with Crippen molar-refractivity contribution in [1.82, 2.24) is 15.0 Å². The van der Waals surface area contributed by atoms with E-state index in [4.69, 9.17) is 0 Å². The number of pyridine rings is 1. The monoisotopic (exact) mass is 378 g/mol. The first kappa shape index (κ1) is 19.2. The predicted octanol–water partition coefficient (Wildman–Crippen LogP) is 4.71. The van der Waals surface area contributed by atoms with E-state index < -0.39 is 4.92 Å². The van der Waals surface area contributed by atoms with Crippen LogP contribution in [0.5, 0.6) is 0 Å².